The summed E-state index contributed by atoms with van der Waals surface area (Å²) in [6.45, 7) is 4.12. The summed E-state index contributed by atoms with van der Waals surface area (Å²) in [4.78, 5) is 13.0. The molecule has 3 nitrogen and oxygen atoms in total. The lowest BCUT2D eigenvalue weighted by atomic mass is 9.98. The van der Waals surface area contributed by atoms with E-state index in [1.807, 2.05) is 0 Å². The fourth-order valence-corrected chi connectivity index (χ4v) is 2.96. The summed E-state index contributed by atoms with van der Waals surface area (Å²) in [6.07, 6.45) is 4.49. The highest BCUT2D eigenvalue weighted by Crippen LogP contribution is 2.31. The molecule has 1 aromatic rings. The number of nitrogens with zero attached hydrogens (tertiary/aromatic N) is 2. The van der Waals surface area contributed by atoms with Gasteiger partial charge in [0.2, 0.25) is 0 Å². The zero-order valence-corrected chi connectivity index (χ0v) is 10.0. The van der Waals surface area contributed by atoms with E-state index in [-0.39, 0.29) is 11.7 Å². The zero-order valence-electron chi connectivity index (χ0n) is 9.19. The minimum Gasteiger partial charge on any atom is -0.293 e. The Balaban J connectivity index is 2.20. The van der Waals surface area contributed by atoms with Crippen LogP contribution < -0.4 is 0 Å². The monoisotopic (exact) mass is 224 g/mol. The van der Waals surface area contributed by atoms with Gasteiger partial charge < -0.3 is 0 Å². The van der Waals surface area contributed by atoms with E-state index >= 15 is 0 Å². The summed E-state index contributed by atoms with van der Waals surface area (Å²) in [5.74, 6) is 0.819. The minimum atomic E-state index is 0.241. The van der Waals surface area contributed by atoms with Crippen LogP contribution in [0.25, 0.3) is 0 Å². The average Bonchev–Trinajstić information content (AvgIpc) is 2.88. The second kappa shape index (κ2) is 4.39. The first kappa shape index (κ1) is 10.7. The van der Waals surface area contributed by atoms with E-state index in [2.05, 4.69) is 23.4 Å². The van der Waals surface area contributed by atoms with Gasteiger partial charge >= 0.3 is 0 Å². The molecule has 1 aliphatic rings. The molecule has 0 N–H and O–H groups in total. The number of hydrogen-bond acceptors (Lipinski definition) is 4. The van der Waals surface area contributed by atoms with Gasteiger partial charge in [0.15, 0.2) is 5.78 Å². The van der Waals surface area contributed by atoms with E-state index in [0.717, 1.165) is 23.4 Å². The maximum atomic E-state index is 12.2. The summed E-state index contributed by atoms with van der Waals surface area (Å²) in [5, 5.41) is 4.06. The molecule has 0 unspecified atom stereocenters. The van der Waals surface area contributed by atoms with Crippen LogP contribution in [0.15, 0.2) is 0 Å². The molecule has 1 aromatic heterocycles. The van der Waals surface area contributed by atoms with Gasteiger partial charge in [-0.25, -0.2) is 0 Å². The number of rotatable bonds is 3. The Hall–Kier alpha value is -0.770. The van der Waals surface area contributed by atoms with Gasteiger partial charge in [-0.05, 0) is 30.3 Å². The van der Waals surface area contributed by atoms with Gasteiger partial charge in [0.1, 0.15) is 4.88 Å². The molecule has 0 radical (unpaired) electrons. The van der Waals surface area contributed by atoms with E-state index in [9.17, 15) is 4.79 Å². The molecule has 4 heteroatoms. The Morgan fingerprint density at radius 1 is 1.40 bits per heavy atom. The summed E-state index contributed by atoms with van der Waals surface area (Å²) < 4.78 is 3.91. The van der Waals surface area contributed by atoms with Gasteiger partial charge in [0.05, 0.1) is 5.69 Å². The minimum absolute atomic E-state index is 0.241. The number of aromatic nitrogens is 2. The molecule has 0 spiro atoms. The van der Waals surface area contributed by atoms with Crippen LogP contribution in [0.4, 0.5) is 0 Å². The summed E-state index contributed by atoms with van der Waals surface area (Å²) in [6, 6.07) is 0. The van der Waals surface area contributed by atoms with Crippen molar-refractivity contribution in [3.8, 4) is 0 Å². The lowest BCUT2D eigenvalue weighted by Gasteiger charge is -2.07. The van der Waals surface area contributed by atoms with Crippen molar-refractivity contribution in [2.24, 2.45) is 5.92 Å². The molecule has 15 heavy (non-hydrogen) atoms. The highest BCUT2D eigenvalue weighted by molar-refractivity contribution is 7.08. The maximum Gasteiger partial charge on any atom is 0.179 e. The lowest BCUT2D eigenvalue weighted by molar-refractivity contribution is 0.0925. The van der Waals surface area contributed by atoms with Crippen molar-refractivity contribution in [2.45, 2.75) is 45.4 Å². The highest BCUT2D eigenvalue weighted by atomic mass is 32.1. The number of Topliss-reactive ketones (excluding diaryl/α,β-unsaturated/α-hetero) is 1. The van der Waals surface area contributed by atoms with Crippen LogP contribution in [0.5, 0.6) is 0 Å². The first-order valence-electron chi connectivity index (χ1n) is 5.56. The Kier molecular flexibility index (Phi) is 3.14. The van der Waals surface area contributed by atoms with Crippen LogP contribution >= 0.6 is 11.5 Å². The van der Waals surface area contributed by atoms with Crippen molar-refractivity contribution in [3.63, 3.8) is 0 Å². The Morgan fingerprint density at radius 3 is 2.67 bits per heavy atom. The molecule has 1 saturated carbocycles. The fraction of sp³-hybridized carbons (Fsp3) is 0.727. The van der Waals surface area contributed by atoms with Crippen LogP contribution in [0.2, 0.25) is 0 Å². The number of carbonyl (C=O) groups is 1. The largest absolute Gasteiger partial charge is 0.293 e. The van der Waals surface area contributed by atoms with Crippen LogP contribution in [0.1, 0.15) is 60.8 Å². The number of hydrogen-bond donors (Lipinski definition) is 0. The van der Waals surface area contributed by atoms with E-state index in [1.54, 1.807) is 0 Å². The third-order valence-corrected chi connectivity index (χ3v) is 3.77. The first-order valence-corrected chi connectivity index (χ1v) is 6.34. The molecule has 0 aromatic carbocycles. The van der Waals surface area contributed by atoms with Crippen molar-refractivity contribution >= 4 is 17.3 Å². The second-order valence-corrected chi connectivity index (χ2v) is 5.24. The molecule has 1 aliphatic carbocycles. The smallest absolute Gasteiger partial charge is 0.179 e. The van der Waals surface area contributed by atoms with Crippen molar-refractivity contribution in [1.82, 2.24) is 9.59 Å². The van der Waals surface area contributed by atoms with Crippen LogP contribution in [-0.4, -0.2) is 15.4 Å². The lowest BCUT2D eigenvalue weighted by Crippen LogP contribution is -2.12. The Morgan fingerprint density at radius 2 is 2.07 bits per heavy atom. The van der Waals surface area contributed by atoms with E-state index in [1.165, 1.54) is 24.4 Å². The number of carbonyl (C=O) groups excluding carboxylic acids is 1. The molecule has 1 heterocycles. The molecular weight excluding hydrogens is 208 g/mol. The molecule has 2 rings (SSSR count). The topological polar surface area (TPSA) is 42.9 Å². The maximum absolute atomic E-state index is 12.2. The normalized spacial score (nSPS) is 17.5. The highest BCUT2D eigenvalue weighted by Gasteiger charge is 2.28. The van der Waals surface area contributed by atoms with Crippen LogP contribution in [-0.2, 0) is 0 Å². The first-order chi connectivity index (χ1) is 7.20. The standard InChI is InChI=1S/C11H16N2OS/c1-7(2)9-11(15-13-12-9)10(14)8-5-3-4-6-8/h7-8H,3-6H2,1-2H3. The van der Waals surface area contributed by atoms with Crippen LogP contribution in [0.3, 0.4) is 0 Å². The summed E-state index contributed by atoms with van der Waals surface area (Å²) >= 11 is 1.26. The molecule has 1 fully saturated rings. The third kappa shape index (κ3) is 2.09. The quantitative estimate of drug-likeness (QED) is 0.741. The van der Waals surface area contributed by atoms with Gasteiger partial charge in [-0.15, -0.1) is 5.10 Å². The van der Waals surface area contributed by atoms with Crippen molar-refractivity contribution in [2.75, 3.05) is 0 Å². The molecule has 82 valence electrons. The zero-order chi connectivity index (χ0) is 10.8. The molecule has 0 saturated heterocycles. The van der Waals surface area contributed by atoms with Crippen LogP contribution in [0, 0.1) is 5.92 Å². The Bertz CT molecular complexity index is 353. The van der Waals surface area contributed by atoms with E-state index < -0.39 is 0 Å². The fourth-order valence-electron chi connectivity index (χ4n) is 2.12. The number of ketones is 1. The van der Waals surface area contributed by atoms with Crippen molar-refractivity contribution in [1.29, 1.82) is 0 Å². The van der Waals surface area contributed by atoms with Gasteiger partial charge in [0, 0.05) is 5.92 Å². The van der Waals surface area contributed by atoms with Crippen molar-refractivity contribution in [3.05, 3.63) is 10.6 Å². The van der Waals surface area contributed by atoms with Gasteiger partial charge in [0.25, 0.3) is 0 Å². The van der Waals surface area contributed by atoms with Gasteiger partial charge in [-0.3, -0.25) is 4.79 Å². The van der Waals surface area contributed by atoms with E-state index in [4.69, 9.17) is 0 Å². The summed E-state index contributed by atoms with van der Waals surface area (Å²) in [7, 11) is 0. The SMILES string of the molecule is CC(C)c1nnsc1C(=O)C1CCCC1. The van der Waals surface area contributed by atoms with E-state index in [0.29, 0.717) is 5.92 Å². The Labute approximate surface area is 94.1 Å². The van der Waals surface area contributed by atoms with Gasteiger partial charge in [-0.2, -0.15) is 0 Å². The predicted molar refractivity (Wildman–Crippen MR) is 60.3 cm³/mol. The molecule has 0 atom stereocenters. The average molecular weight is 224 g/mol. The molecular formula is C11H16N2OS. The van der Waals surface area contributed by atoms with Gasteiger partial charge in [-0.1, -0.05) is 31.2 Å². The summed E-state index contributed by atoms with van der Waals surface area (Å²) in [5.41, 5.74) is 0.886. The third-order valence-electron chi connectivity index (χ3n) is 3.01. The van der Waals surface area contributed by atoms with Crippen molar-refractivity contribution < 1.29 is 4.79 Å². The second-order valence-electron chi connectivity index (χ2n) is 4.49. The molecule has 0 amide bonds. The predicted octanol–water partition coefficient (Wildman–Crippen LogP) is 3.03. The molecule has 0 aliphatic heterocycles. The molecule has 0 bridgehead atoms.